The molecule has 1 aliphatic heterocycles. The van der Waals surface area contributed by atoms with Crippen LogP contribution in [-0.4, -0.2) is 41.1 Å². The number of nitrogens with one attached hydrogen (secondary N) is 1. The Morgan fingerprint density at radius 2 is 2.00 bits per heavy atom. The van der Waals surface area contributed by atoms with E-state index in [4.69, 9.17) is 4.74 Å². The third kappa shape index (κ3) is 3.15. The van der Waals surface area contributed by atoms with Crippen molar-refractivity contribution in [2.24, 2.45) is 0 Å². The van der Waals surface area contributed by atoms with E-state index in [9.17, 15) is 9.59 Å². The fourth-order valence-electron chi connectivity index (χ4n) is 3.20. The van der Waals surface area contributed by atoms with Crippen molar-refractivity contribution < 1.29 is 9.53 Å². The average Bonchev–Trinajstić information content (AvgIpc) is 2.54. The van der Waals surface area contributed by atoms with E-state index in [0.717, 1.165) is 18.2 Å². The summed E-state index contributed by atoms with van der Waals surface area (Å²) in [5.41, 5.74) is 0.835. The Labute approximate surface area is 135 Å². The largest absolute Gasteiger partial charge is 0.375 e. The zero-order valence-corrected chi connectivity index (χ0v) is 13.6. The molecule has 0 aliphatic carbocycles. The first-order valence-corrected chi connectivity index (χ1v) is 8.08. The lowest BCUT2D eigenvalue weighted by molar-refractivity contribution is -0.0611. The van der Waals surface area contributed by atoms with Crippen LogP contribution in [0.15, 0.2) is 35.1 Å². The molecule has 0 atom stereocenters. The van der Waals surface area contributed by atoms with Gasteiger partial charge in [-0.25, -0.2) is 0 Å². The van der Waals surface area contributed by atoms with Gasteiger partial charge in [0.1, 0.15) is 0 Å². The molecular weight excluding hydrogens is 292 g/mol. The Morgan fingerprint density at radius 3 is 2.70 bits per heavy atom. The number of hydrogen-bond acceptors (Lipinski definition) is 3. The molecule has 122 valence electrons. The molecule has 2 heterocycles. The van der Waals surface area contributed by atoms with E-state index in [1.807, 2.05) is 24.0 Å². The molecule has 0 bridgehead atoms. The Morgan fingerprint density at radius 1 is 1.26 bits per heavy atom. The molecule has 0 unspecified atom stereocenters. The molecule has 1 amide bonds. The first kappa shape index (κ1) is 15.7. The van der Waals surface area contributed by atoms with Crippen LogP contribution in [0, 0.1) is 0 Å². The molecule has 1 fully saturated rings. The second-order valence-corrected chi connectivity index (χ2v) is 6.27. The van der Waals surface area contributed by atoms with Crippen molar-refractivity contribution in [2.45, 2.75) is 32.3 Å². The fourth-order valence-corrected chi connectivity index (χ4v) is 3.20. The maximum absolute atomic E-state index is 12.9. The van der Waals surface area contributed by atoms with E-state index in [1.54, 1.807) is 12.1 Å². The van der Waals surface area contributed by atoms with Gasteiger partial charge in [0.05, 0.1) is 16.7 Å². The summed E-state index contributed by atoms with van der Waals surface area (Å²) in [7, 11) is 0. The smallest absolute Gasteiger partial charge is 0.255 e. The predicted molar refractivity (Wildman–Crippen MR) is 89.7 cm³/mol. The quantitative estimate of drug-likeness (QED) is 0.947. The highest BCUT2D eigenvalue weighted by Crippen LogP contribution is 2.27. The van der Waals surface area contributed by atoms with Crippen LogP contribution in [0.5, 0.6) is 0 Å². The Bertz CT molecular complexity index is 773. The summed E-state index contributed by atoms with van der Waals surface area (Å²) in [5, 5.41) is 0.867. The van der Waals surface area contributed by atoms with Gasteiger partial charge < -0.3 is 14.6 Å². The molecule has 3 rings (SSSR count). The molecular formula is C18H22N2O3. The van der Waals surface area contributed by atoms with Gasteiger partial charge in [-0.1, -0.05) is 12.1 Å². The summed E-state index contributed by atoms with van der Waals surface area (Å²) < 4.78 is 5.80. The molecule has 1 N–H and O–H groups in total. The minimum Gasteiger partial charge on any atom is -0.375 e. The van der Waals surface area contributed by atoms with Gasteiger partial charge in [0.15, 0.2) is 0 Å². The lowest BCUT2D eigenvalue weighted by Crippen LogP contribution is -2.46. The number of ether oxygens (including phenoxy) is 1. The van der Waals surface area contributed by atoms with Crippen molar-refractivity contribution in [2.75, 3.05) is 19.7 Å². The number of aromatic nitrogens is 1. The van der Waals surface area contributed by atoms with Crippen LogP contribution in [0.1, 0.15) is 37.0 Å². The van der Waals surface area contributed by atoms with Crippen molar-refractivity contribution in [1.29, 1.82) is 0 Å². The van der Waals surface area contributed by atoms with Crippen molar-refractivity contribution in [3.63, 3.8) is 0 Å². The number of nitrogens with zero attached hydrogens (tertiary/aromatic N) is 1. The Hall–Kier alpha value is -2.14. The van der Waals surface area contributed by atoms with Gasteiger partial charge in [0.25, 0.3) is 5.91 Å². The third-order valence-electron chi connectivity index (χ3n) is 4.59. The highest BCUT2D eigenvalue weighted by molar-refractivity contribution is 6.05. The van der Waals surface area contributed by atoms with Gasteiger partial charge in [0, 0.05) is 25.8 Å². The second kappa shape index (κ2) is 6.16. The molecule has 1 saturated heterocycles. The molecule has 5 heteroatoms. The molecule has 0 radical (unpaired) electrons. The van der Waals surface area contributed by atoms with Gasteiger partial charge in [-0.15, -0.1) is 0 Å². The standard InChI is InChI=1S/C18H22N2O3/c1-3-23-18(2)9-11-20(12-10-18)17(22)14-6-4-5-13-7-8-15(21)19-16(13)14/h4-8H,3,9-12H2,1-2H3,(H,19,21). The average molecular weight is 314 g/mol. The number of carbonyl (C=O) groups excluding carboxylic acids is 1. The van der Waals surface area contributed by atoms with Crippen LogP contribution in [0.3, 0.4) is 0 Å². The van der Waals surface area contributed by atoms with Gasteiger partial charge in [-0.3, -0.25) is 9.59 Å². The van der Waals surface area contributed by atoms with E-state index in [0.29, 0.717) is 30.8 Å². The predicted octanol–water partition coefficient (Wildman–Crippen LogP) is 2.56. The van der Waals surface area contributed by atoms with E-state index < -0.39 is 0 Å². The topological polar surface area (TPSA) is 62.4 Å². The summed E-state index contributed by atoms with van der Waals surface area (Å²) in [4.78, 5) is 29.1. The normalized spacial score (nSPS) is 17.4. The number of H-pyrrole nitrogens is 1. The monoisotopic (exact) mass is 314 g/mol. The summed E-state index contributed by atoms with van der Waals surface area (Å²) >= 11 is 0. The first-order valence-electron chi connectivity index (χ1n) is 8.08. The molecule has 1 aliphatic rings. The van der Waals surface area contributed by atoms with Crippen LogP contribution >= 0.6 is 0 Å². The maximum Gasteiger partial charge on any atom is 0.255 e. The van der Waals surface area contributed by atoms with Crippen LogP contribution < -0.4 is 5.56 Å². The van der Waals surface area contributed by atoms with E-state index in [1.165, 1.54) is 6.07 Å². The number of piperidine rings is 1. The molecule has 1 aromatic heterocycles. The highest BCUT2D eigenvalue weighted by atomic mass is 16.5. The summed E-state index contributed by atoms with van der Waals surface area (Å²) in [6, 6.07) is 8.74. The van der Waals surface area contributed by atoms with Crippen molar-refractivity contribution in [3.05, 3.63) is 46.2 Å². The lowest BCUT2D eigenvalue weighted by Gasteiger charge is -2.39. The van der Waals surface area contributed by atoms with Crippen LogP contribution in [0.4, 0.5) is 0 Å². The minimum atomic E-state index is -0.194. The van der Waals surface area contributed by atoms with Crippen molar-refractivity contribution in [3.8, 4) is 0 Å². The number of aromatic amines is 1. The maximum atomic E-state index is 12.9. The van der Waals surface area contributed by atoms with Crippen molar-refractivity contribution >= 4 is 16.8 Å². The van der Waals surface area contributed by atoms with Crippen LogP contribution in [0.25, 0.3) is 10.9 Å². The zero-order valence-electron chi connectivity index (χ0n) is 13.6. The van der Waals surface area contributed by atoms with E-state index in [-0.39, 0.29) is 17.1 Å². The van der Waals surface area contributed by atoms with Crippen LogP contribution in [0.2, 0.25) is 0 Å². The number of hydrogen-bond donors (Lipinski definition) is 1. The van der Waals surface area contributed by atoms with Gasteiger partial charge in [-0.2, -0.15) is 0 Å². The van der Waals surface area contributed by atoms with Crippen molar-refractivity contribution in [1.82, 2.24) is 9.88 Å². The number of pyridine rings is 1. The number of rotatable bonds is 3. The number of carbonyl (C=O) groups is 1. The SMILES string of the molecule is CCOC1(C)CCN(C(=O)c2cccc3ccc(=O)[nH]c23)CC1. The number of amides is 1. The third-order valence-corrected chi connectivity index (χ3v) is 4.59. The fraction of sp³-hybridized carbons (Fsp3) is 0.444. The highest BCUT2D eigenvalue weighted by Gasteiger charge is 2.32. The number of benzene rings is 1. The first-order chi connectivity index (χ1) is 11.0. The number of likely N-dealkylation sites (tertiary alicyclic amines) is 1. The van der Waals surface area contributed by atoms with Gasteiger partial charge in [-0.05, 0) is 44.2 Å². The van der Waals surface area contributed by atoms with Crippen LogP contribution in [-0.2, 0) is 4.74 Å². The second-order valence-electron chi connectivity index (χ2n) is 6.27. The Kier molecular flexibility index (Phi) is 4.22. The number of para-hydroxylation sites is 1. The molecule has 0 spiro atoms. The molecule has 5 nitrogen and oxygen atoms in total. The summed E-state index contributed by atoms with van der Waals surface area (Å²) in [6.45, 7) is 6.13. The van der Waals surface area contributed by atoms with E-state index in [2.05, 4.69) is 11.9 Å². The zero-order chi connectivity index (χ0) is 16.4. The molecule has 0 saturated carbocycles. The molecule has 23 heavy (non-hydrogen) atoms. The Balaban J connectivity index is 1.85. The van der Waals surface area contributed by atoms with E-state index >= 15 is 0 Å². The van der Waals surface area contributed by atoms with Gasteiger partial charge >= 0.3 is 0 Å². The summed E-state index contributed by atoms with van der Waals surface area (Å²) in [5.74, 6) is -0.0315. The lowest BCUT2D eigenvalue weighted by atomic mass is 9.92. The molecule has 1 aromatic carbocycles. The summed E-state index contributed by atoms with van der Waals surface area (Å²) in [6.07, 6.45) is 1.65. The molecule has 2 aromatic rings. The number of fused-ring (bicyclic) bond motifs is 1. The van der Waals surface area contributed by atoms with Gasteiger partial charge in [0.2, 0.25) is 5.56 Å². The minimum absolute atomic E-state index is 0.0315.